The molecule has 0 spiro atoms. The average molecular weight is 226 g/mol. The molecule has 0 radical (unpaired) electrons. The second-order valence-electron chi connectivity index (χ2n) is 5.64. The van der Waals surface area contributed by atoms with Crippen LogP contribution in [0.4, 0.5) is 0 Å². The molecule has 1 atom stereocenters. The van der Waals surface area contributed by atoms with E-state index in [1.165, 1.54) is 45.1 Å². The molecule has 1 fully saturated rings. The van der Waals surface area contributed by atoms with E-state index in [0.29, 0.717) is 11.1 Å². The van der Waals surface area contributed by atoms with Crippen molar-refractivity contribution < 1.29 is 0 Å². The largest absolute Gasteiger partial charge is 0.310 e. The van der Waals surface area contributed by atoms with Gasteiger partial charge in [-0.1, -0.05) is 27.2 Å². The Balaban J connectivity index is 2.47. The maximum absolute atomic E-state index is 3.83. The zero-order chi connectivity index (χ0) is 12.1. The number of hydrogen-bond acceptors (Lipinski definition) is 2. The topological polar surface area (TPSA) is 24.1 Å². The van der Waals surface area contributed by atoms with Crippen molar-refractivity contribution in [3.05, 3.63) is 0 Å². The Kier molecular flexibility index (Phi) is 5.26. The van der Waals surface area contributed by atoms with Crippen molar-refractivity contribution in [2.75, 3.05) is 13.1 Å². The van der Waals surface area contributed by atoms with Crippen molar-refractivity contribution in [3.63, 3.8) is 0 Å². The predicted octanol–water partition coefficient (Wildman–Crippen LogP) is 3.08. The van der Waals surface area contributed by atoms with Gasteiger partial charge in [0.25, 0.3) is 0 Å². The van der Waals surface area contributed by atoms with E-state index in [0.717, 1.165) is 6.54 Å². The SMILES string of the molecule is CCC(CC)(CC)NCC1(C)CCCCN1. The number of rotatable bonds is 6. The Morgan fingerprint density at radius 1 is 1.12 bits per heavy atom. The minimum absolute atomic E-state index is 0.322. The van der Waals surface area contributed by atoms with Crippen LogP contribution in [-0.4, -0.2) is 24.2 Å². The first-order valence-corrected chi connectivity index (χ1v) is 7.10. The van der Waals surface area contributed by atoms with Gasteiger partial charge >= 0.3 is 0 Å². The summed E-state index contributed by atoms with van der Waals surface area (Å²) in [6.07, 6.45) is 7.73. The van der Waals surface area contributed by atoms with Gasteiger partial charge in [-0.05, 0) is 45.6 Å². The lowest BCUT2D eigenvalue weighted by atomic mass is 9.86. The summed E-state index contributed by atoms with van der Waals surface area (Å²) < 4.78 is 0. The second kappa shape index (κ2) is 6.02. The summed E-state index contributed by atoms with van der Waals surface area (Å²) in [5.74, 6) is 0. The van der Waals surface area contributed by atoms with Gasteiger partial charge in [-0.25, -0.2) is 0 Å². The summed E-state index contributed by atoms with van der Waals surface area (Å²) >= 11 is 0. The molecule has 0 amide bonds. The molecule has 1 saturated heterocycles. The molecule has 1 aliphatic rings. The van der Waals surface area contributed by atoms with Crippen molar-refractivity contribution in [2.24, 2.45) is 0 Å². The summed E-state index contributed by atoms with van der Waals surface area (Å²) in [6, 6.07) is 0. The molecule has 0 aromatic carbocycles. The molecule has 2 nitrogen and oxygen atoms in total. The summed E-state index contributed by atoms with van der Waals surface area (Å²) in [5.41, 5.74) is 0.686. The molecule has 1 unspecified atom stereocenters. The molecule has 1 heterocycles. The fraction of sp³-hybridized carbons (Fsp3) is 1.00. The standard InChI is InChI=1S/C14H30N2/c1-5-14(6-2,7-3)16-12-13(4)10-8-9-11-15-13/h15-16H,5-12H2,1-4H3. The van der Waals surface area contributed by atoms with Crippen molar-refractivity contribution in [1.82, 2.24) is 10.6 Å². The lowest BCUT2D eigenvalue weighted by Gasteiger charge is -2.40. The molecule has 0 aromatic rings. The van der Waals surface area contributed by atoms with Crippen molar-refractivity contribution >= 4 is 0 Å². The third-order valence-electron chi connectivity index (χ3n) is 4.59. The second-order valence-corrected chi connectivity index (χ2v) is 5.64. The first kappa shape index (κ1) is 14.0. The Morgan fingerprint density at radius 2 is 1.75 bits per heavy atom. The fourth-order valence-corrected chi connectivity index (χ4v) is 2.78. The van der Waals surface area contributed by atoms with E-state index in [-0.39, 0.29) is 0 Å². The molecule has 2 heteroatoms. The lowest BCUT2D eigenvalue weighted by Crippen LogP contribution is -2.57. The molecular formula is C14H30N2. The van der Waals surface area contributed by atoms with Gasteiger partial charge in [0.05, 0.1) is 0 Å². The van der Waals surface area contributed by atoms with Gasteiger partial charge in [0.2, 0.25) is 0 Å². The van der Waals surface area contributed by atoms with Crippen LogP contribution < -0.4 is 10.6 Å². The first-order valence-electron chi connectivity index (χ1n) is 7.10. The van der Waals surface area contributed by atoms with Crippen LogP contribution in [0.1, 0.15) is 66.2 Å². The molecule has 2 N–H and O–H groups in total. The number of nitrogens with one attached hydrogen (secondary N) is 2. The zero-order valence-electron chi connectivity index (χ0n) is 11.7. The molecule has 0 saturated carbocycles. The van der Waals surface area contributed by atoms with Crippen LogP contribution in [0.15, 0.2) is 0 Å². The molecule has 1 rings (SSSR count). The van der Waals surface area contributed by atoms with Gasteiger partial charge in [-0.2, -0.15) is 0 Å². The van der Waals surface area contributed by atoms with E-state index in [2.05, 4.69) is 38.3 Å². The average Bonchev–Trinajstić information content (AvgIpc) is 2.33. The van der Waals surface area contributed by atoms with E-state index < -0.39 is 0 Å². The maximum atomic E-state index is 3.83. The monoisotopic (exact) mass is 226 g/mol. The van der Waals surface area contributed by atoms with Crippen LogP contribution in [0.25, 0.3) is 0 Å². The van der Waals surface area contributed by atoms with Crippen LogP contribution in [-0.2, 0) is 0 Å². The summed E-state index contributed by atoms with van der Waals surface area (Å²) in [4.78, 5) is 0. The van der Waals surface area contributed by atoms with Crippen LogP contribution in [0.3, 0.4) is 0 Å². The molecule has 16 heavy (non-hydrogen) atoms. The number of piperidine rings is 1. The Labute approximate surface area is 102 Å². The van der Waals surface area contributed by atoms with Crippen LogP contribution >= 0.6 is 0 Å². The molecule has 0 aromatic heterocycles. The van der Waals surface area contributed by atoms with Crippen molar-refractivity contribution in [3.8, 4) is 0 Å². The Hall–Kier alpha value is -0.0800. The van der Waals surface area contributed by atoms with Crippen molar-refractivity contribution in [1.29, 1.82) is 0 Å². The highest BCUT2D eigenvalue weighted by atomic mass is 15.1. The smallest absolute Gasteiger partial charge is 0.0278 e. The summed E-state index contributed by atoms with van der Waals surface area (Å²) in [7, 11) is 0. The first-order chi connectivity index (χ1) is 7.60. The van der Waals surface area contributed by atoms with Crippen LogP contribution in [0, 0.1) is 0 Å². The minimum Gasteiger partial charge on any atom is -0.310 e. The molecule has 0 aliphatic carbocycles. The van der Waals surface area contributed by atoms with Gasteiger partial charge in [0, 0.05) is 17.6 Å². The summed E-state index contributed by atoms with van der Waals surface area (Å²) in [5, 5.41) is 7.51. The maximum Gasteiger partial charge on any atom is 0.0278 e. The normalized spacial score (nSPS) is 27.0. The molecular weight excluding hydrogens is 196 g/mol. The van der Waals surface area contributed by atoms with Gasteiger partial charge in [0.1, 0.15) is 0 Å². The van der Waals surface area contributed by atoms with E-state index in [1.807, 2.05) is 0 Å². The van der Waals surface area contributed by atoms with E-state index in [1.54, 1.807) is 0 Å². The van der Waals surface area contributed by atoms with Crippen LogP contribution in [0.2, 0.25) is 0 Å². The number of hydrogen-bond donors (Lipinski definition) is 2. The van der Waals surface area contributed by atoms with Crippen LogP contribution in [0.5, 0.6) is 0 Å². The van der Waals surface area contributed by atoms with Gasteiger partial charge in [-0.15, -0.1) is 0 Å². The third kappa shape index (κ3) is 3.46. The quantitative estimate of drug-likeness (QED) is 0.727. The van der Waals surface area contributed by atoms with Gasteiger partial charge < -0.3 is 10.6 Å². The summed E-state index contributed by atoms with van der Waals surface area (Å²) in [6.45, 7) is 11.6. The molecule has 1 aliphatic heterocycles. The Morgan fingerprint density at radius 3 is 2.19 bits per heavy atom. The van der Waals surface area contributed by atoms with Crippen molar-refractivity contribution in [2.45, 2.75) is 77.3 Å². The highest BCUT2D eigenvalue weighted by molar-refractivity contribution is 4.93. The van der Waals surface area contributed by atoms with Gasteiger partial charge in [0.15, 0.2) is 0 Å². The lowest BCUT2D eigenvalue weighted by molar-refractivity contribution is 0.211. The molecule has 96 valence electrons. The highest BCUT2D eigenvalue weighted by Gasteiger charge is 2.30. The molecule has 0 bridgehead atoms. The predicted molar refractivity (Wildman–Crippen MR) is 71.9 cm³/mol. The minimum atomic E-state index is 0.322. The fourth-order valence-electron chi connectivity index (χ4n) is 2.78. The van der Waals surface area contributed by atoms with E-state index in [4.69, 9.17) is 0 Å². The third-order valence-corrected chi connectivity index (χ3v) is 4.59. The van der Waals surface area contributed by atoms with E-state index in [9.17, 15) is 0 Å². The van der Waals surface area contributed by atoms with Gasteiger partial charge in [-0.3, -0.25) is 0 Å². The Bertz CT molecular complexity index is 183. The highest BCUT2D eigenvalue weighted by Crippen LogP contribution is 2.23. The zero-order valence-corrected chi connectivity index (χ0v) is 11.7. The van der Waals surface area contributed by atoms with E-state index >= 15 is 0 Å².